The molecule has 0 saturated heterocycles. The molecule has 24 heavy (non-hydrogen) atoms. The molecule has 128 valence electrons. The van der Waals surface area contributed by atoms with Crippen LogP contribution >= 0.6 is 15.9 Å². The molecular formula is C16H16BrNO5S. The molecule has 0 aliphatic carbocycles. The van der Waals surface area contributed by atoms with Crippen molar-refractivity contribution in [1.29, 1.82) is 0 Å². The van der Waals surface area contributed by atoms with E-state index in [0.29, 0.717) is 11.3 Å². The van der Waals surface area contributed by atoms with Crippen molar-refractivity contribution >= 4 is 37.6 Å². The Labute approximate surface area is 149 Å². The number of methoxy groups -OCH3 is 1. The topological polar surface area (TPSA) is 81.7 Å². The van der Waals surface area contributed by atoms with Gasteiger partial charge in [0.1, 0.15) is 12.4 Å². The van der Waals surface area contributed by atoms with Crippen LogP contribution in [-0.2, 0) is 21.4 Å². The summed E-state index contributed by atoms with van der Waals surface area (Å²) in [4.78, 5) is 12.3. The first-order valence-corrected chi connectivity index (χ1v) is 9.55. The van der Waals surface area contributed by atoms with Crippen molar-refractivity contribution in [3.05, 3.63) is 58.1 Å². The number of benzene rings is 2. The average molecular weight is 414 g/mol. The maximum atomic E-state index is 12.3. The van der Waals surface area contributed by atoms with Crippen molar-refractivity contribution in [2.75, 3.05) is 18.1 Å². The summed E-state index contributed by atoms with van der Waals surface area (Å²) in [6.07, 6.45) is 1.02. The Morgan fingerprint density at radius 2 is 1.92 bits per heavy atom. The Morgan fingerprint density at radius 3 is 2.58 bits per heavy atom. The molecular weight excluding hydrogens is 398 g/mol. The smallest absolute Gasteiger partial charge is 0.340 e. The van der Waals surface area contributed by atoms with Gasteiger partial charge in [0.25, 0.3) is 0 Å². The van der Waals surface area contributed by atoms with Crippen molar-refractivity contribution in [2.24, 2.45) is 0 Å². The van der Waals surface area contributed by atoms with Gasteiger partial charge in [-0.1, -0.05) is 28.1 Å². The highest BCUT2D eigenvalue weighted by Crippen LogP contribution is 2.25. The largest absolute Gasteiger partial charge is 0.496 e. The number of hydrogen-bond acceptors (Lipinski definition) is 5. The van der Waals surface area contributed by atoms with Gasteiger partial charge in [-0.05, 0) is 30.3 Å². The van der Waals surface area contributed by atoms with Gasteiger partial charge in [0.2, 0.25) is 10.0 Å². The number of carbonyl (C=O) groups is 1. The van der Waals surface area contributed by atoms with Crippen LogP contribution in [0.4, 0.5) is 5.69 Å². The zero-order chi connectivity index (χ0) is 17.7. The second kappa shape index (κ2) is 7.67. The van der Waals surface area contributed by atoms with Gasteiger partial charge in [-0.25, -0.2) is 13.2 Å². The molecule has 0 unspecified atom stereocenters. The lowest BCUT2D eigenvalue weighted by Crippen LogP contribution is -2.14. The Kier molecular flexibility index (Phi) is 5.84. The van der Waals surface area contributed by atoms with Crippen LogP contribution in [0.1, 0.15) is 15.9 Å². The molecule has 0 aromatic heterocycles. The van der Waals surface area contributed by atoms with E-state index >= 15 is 0 Å². The van der Waals surface area contributed by atoms with Crippen LogP contribution in [0.15, 0.2) is 46.9 Å². The Balaban J connectivity index is 2.18. The number of halogens is 1. The molecule has 6 nitrogen and oxygen atoms in total. The van der Waals surface area contributed by atoms with E-state index in [2.05, 4.69) is 20.7 Å². The SMILES string of the molecule is COc1ccc(Br)cc1COC(=O)c1ccccc1NS(C)(=O)=O. The number of nitrogens with one attached hydrogen (secondary N) is 1. The lowest BCUT2D eigenvalue weighted by atomic mass is 10.2. The summed E-state index contributed by atoms with van der Waals surface area (Å²) >= 11 is 3.35. The number of anilines is 1. The van der Waals surface area contributed by atoms with E-state index < -0.39 is 16.0 Å². The van der Waals surface area contributed by atoms with E-state index in [1.807, 2.05) is 6.07 Å². The maximum Gasteiger partial charge on any atom is 0.340 e. The third kappa shape index (κ3) is 4.97. The van der Waals surface area contributed by atoms with Gasteiger partial charge >= 0.3 is 5.97 Å². The molecule has 0 heterocycles. The highest BCUT2D eigenvalue weighted by molar-refractivity contribution is 9.10. The van der Waals surface area contributed by atoms with Crippen LogP contribution in [0.3, 0.4) is 0 Å². The second-order valence-electron chi connectivity index (χ2n) is 4.95. The second-order valence-corrected chi connectivity index (χ2v) is 7.62. The van der Waals surface area contributed by atoms with Crippen LogP contribution in [0.25, 0.3) is 0 Å². The van der Waals surface area contributed by atoms with Crippen LogP contribution in [0.5, 0.6) is 5.75 Å². The van der Waals surface area contributed by atoms with Crippen molar-refractivity contribution in [3.8, 4) is 5.75 Å². The highest BCUT2D eigenvalue weighted by atomic mass is 79.9. The normalized spacial score (nSPS) is 11.0. The third-order valence-corrected chi connectivity index (χ3v) is 4.13. The molecule has 0 bridgehead atoms. The van der Waals surface area contributed by atoms with Gasteiger partial charge in [0.15, 0.2) is 0 Å². The zero-order valence-electron chi connectivity index (χ0n) is 13.1. The van der Waals surface area contributed by atoms with Crippen molar-refractivity contribution < 1.29 is 22.7 Å². The van der Waals surface area contributed by atoms with Crippen LogP contribution in [-0.4, -0.2) is 27.8 Å². The van der Waals surface area contributed by atoms with Gasteiger partial charge in [0.05, 0.1) is 24.6 Å². The standard InChI is InChI=1S/C16H16BrNO5S/c1-22-15-8-7-12(17)9-11(15)10-23-16(19)13-5-3-4-6-14(13)18-24(2,20)21/h3-9,18H,10H2,1-2H3. The lowest BCUT2D eigenvalue weighted by molar-refractivity contribution is 0.0471. The number of hydrogen-bond donors (Lipinski definition) is 1. The molecule has 2 aromatic rings. The van der Waals surface area contributed by atoms with Crippen molar-refractivity contribution in [2.45, 2.75) is 6.61 Å². The predicted octanol–water partition coefficient (Wildman–Crippen LogP) is 3.19. The molecule has 0 amide bonds. The average Bonchev–Trinajstić information content (AvgIpc) is 2.51. The summed E-state index contributed by atoms with van der Waals surface area (Å²) in [5.41, 5.74) is 0.997. The summed E-state index contributed by atoms with van der Waals surface area (Å²) in [6.45, 7) is -0.00530. The fraction of sp³-hybridized carbons (Fsp3) is 0.188. The maximum absolute atomic E-state index is 12.3. The first-order chi connectivity index (χ1) is 11.3. The molecule has 8 heteroatoms. The summed E-state index contributed by atoms with van der Waals surface area (Å²) in [6, 6.07) is 11.6. The molecule has 0 saturated carbocycles. The first-order valence-electron chi connectivity index (χ1n) is 6.86. The fourth-order valence-electron chi connectivity index (χ4n) is 2.03. The van der Waals surface area contributed by atoms with E-state index in [-0.39, 0.29) is 17.9 Å². The minimum absolute atomic E-state index is 0.00530. The number of ether oxygens (including phenoxy) is 2. The molecule has 0 spiro atoms. The van der Waals surface area contributed by atoms with Crippen molar-refractivity contribution in [1.82, 2.24) is 0 Å². The minimum atomic E-state index is -3.50. The molecule has 1 N–H and O–H groups in total. The van der Waals surface area contributed by atoms with Gasteiger partial charge in [-0.3, -0.25) is 4.72 Å². The summed E-state index contributed by atoms with van der Waals surface area (Å²) in [7, 11) is -1.97. The minimum Gasteiger partial charge on any atom is -0.496 e. The Morgan fingerprint density at radius 1 is 1.21 bits per heavy atom. The predicted molar refractivity (Wildman–Crippen MR) is 94.7 cm³/mol. The van der Waals surface area contributed by atoms with Crippen LogP contribution in [0.2, 0.25) is 0 Å². The number of esters is 1. The van der Waals surface area contributed by atoms with Gasteiger partial charge in [-0.15, -0.1) is 0 Å². The molecule has 0 radical (unpaired) electrons. The van der Waals surface area contributed by atoms with E-state index in [1.54, 1.807) is 24.3 Å². The van der Waals surface area contributed by atoms with E-state index in [4.69, 9.17) is 9.47 Å². The third-order valence-electron chi connectivity index (χ3n) is 3.04. The monoisotopic (exact) mass is 413 g/mol. The molecule has 0 atom stereocenters. The molecule has 2 rings (SSSR count). The van der Waals surface area contributed by atoms with Crippen molar-refractivity contribution in [3.63, 3.8) is 0 Å². The number of rotatable bonds is 6. The highest BCUT2D eigenvalue weighted by Gasteiger charge is 2.16. The fourth-order valence-corrected chi connectivity index (χ4v) is 3.02. The molecule has 0 aliphatic heterocycles. The summed E-state index contributed by atoms with van der Waals surface area (Å²) in [5, 5.41) is 0. The van der Waals surface area contributed by atoms with E-state index in [0.717, 1.165) is 10.7 Å². The molecule has 2 aromatic carbocycles. The number of para-hydroxylation sites is 1. The summed E-state index contributed by atoms with van der Waals surface area (Å²) in [5.74, 6) is -0.0441. The number of sulfonamides is 1. The van der Waals surface area contributed by atoms with Gasteiger partial charge in [-0.2, -0.15) is 0 Å². The molecule has 0 aliphatic rings. The lowest BCUT2D eigenvalue weighted by Gasteiger charge is -2.12. The molecule has 0 fully saturated rings. The Bertz CT molecular complexity index is 851. The van der Waals surface area contributed by atoms with Crippen LogP contribution in [0, 0.1) is 0 Å². The quantitative estimate of drug-likeness (QED) is 0.735. The Hall–Kier alpha value is -2.06. The number of carbonyl (C=O) groups excluding carboxylic acids is 1. The first kappa shape index (κ1) is 18.3. The van der Waals surface area contributed by atoms with Crippen LogP contribution < -0.4 is 9.46 Å². The van der Waals surface area contributed by atoms with E-state index in [9.17, 15) is 13.2 Å². The summed E-state index contributed by atoms with van der Waals surface area (Å²) < 4.78 is 36.4. The van der Waals surface area contributed by atoms with E-state index in [1.165, 1.54) is 19.2 Å². The van der Waals surface area contributed by atoms with Gasteiger partial charge < -0.3 is 9.47 Å². The van der Waals surface area contributed by atoms with Gasteiger partial charge in [0, 0.05) is 10.0 Å². The zero-order valence-corrected chi connectivity index (χ0v) is 15.5.